The number of hydrogen-bond acceptors (Lipinski definition) is 6. The lowest BCUT2D eigenvalue weighted by atomic mass is 9.92. The van der Waals surface area contributed by atoms with E-state index >= 15 is 0 Å². The lowest BCUT2D eigenvalue weighted by molar-refractivity contribution is -0.142. The molecule has 1 N–H and O–H groups in total. The van der Waals surface area contributed by atoms with Crippen LogP contribution in [0.5, 0.6) is 6.01 Å². The molecule has 1 aromatic rings. The third-order valence-electron chi connectivity index (χ3n) is 3.24. The molecule has 2 heterocycles. The molecule has 1 aromatic heterocycles. The zero-order valence-corrected chi connectivity index (χ0v) is 11.5. The number of carboxylic acids is 1. The smallest absolute Gasteiger partial charge is 0.322 e. The van der Waals surface area contributed by atoms with Crippen LogP contribution in [0.2, 0.25) is 5.28 Å². The number of rotatable bonds is 3. The van der Waals surface area contributed by atoms with Gasteiger partial charge in [-0.2, -0.15) is 15.0 Å². The van der Waals surface area contributed by atoms with Crippen LogP contribution >= 0.6 is 11.6 Å². The minimum Gasteiger partial charge on any atom is -0.481 e. The maximum Gasteiger partial charge on any atom is 0.322 e. The number of carbonyl (C=O) groups is 1. The van der Waals surface area contributed by atoms with Gasteiger partial charge < -0.3 is 14.7 Å². The molecule has 0 amide bonds. The number of ether oxygens (including phenoxy) is 1. The van der Waals surface area contributed by atoms with Crippen LogP contribution in [0, 0.1) is 5.92 Å². The number of hydrogen-bond donors (Lipinski definition) is 1. The first kappa shape index (κ1) is 13.8. The fourth-order valence-corrected chi connectivity index (χ4v) is 2.38. The van der Waals surface area contributed by atoms with Crippen molar-refractivity contribution in [3.05, 3.63) is 5.28 Å². The van der Waals surface area contributed by atoms with Gasteiger partial charge in [-0.05, 0) is 31.4 Å². The molecule has 0 aliphatic carbocycles. The van der Waals surface area contributed by atoms with Crippen molar-refractivity contribution in [2.24, 2.45) is 5.92 Å². The summed E-state index contributed by atoms with van der Waals surface area (Å²) < 4.78 is 4.95. The van der Waals surface area contributed by atoms with E-state index in [-0.39, 0.29) is 23.3 Å². The van der Waals surface area contributed by atoms with Crippen molar-refractivity contribution >= 4 is 23.5 Å². The quantitative estimate of drug-likeness (QED) is 0.893. The average Bonchev–Trinajstić information content (AvgIpc) is 2.37. The summed E-state index contributed by atoms with van der Waals surface area (Å²) in [5.74, 6) is -0.642. The highest BCUT2D eigenvalue weighted by molar-refractivity contribution is 6.28. The molecular weight excluding hydrogens is 272 g/mol. The number of aromatic nitrogens is 3. The molecule has 8 heteroatoms. The topological polar surface area (TPSA) is 88.4 Å². The van der Waals surface area contributed by atoms with E-state index in [1.54, 1.807) is 0 Å². The fourth-order valence-electron chi connectivity index (χ4n) is 2.24. The summed E-state index contributed by atoms with van der Waals surface area (Å²) in [6.07, 6.45) is 1.12. The van der Waals surface area contributed by atoms with Crippen molar-refractivity contribution in [2.75, 3.05) is 18.6 Å². The molecule has 19 heavy (non-hydrogen) atoms. The predicted octanol–water partition coefficient (Wildman–Crippen LogP) is 1.22. The maximum absolute atomic E-state index is 11.0. The molecule has 1 saturated heterocycles. The minimum absolute atomic E-state index is 0.0259. The normalized spacial score (nSPS) is 23.2. The second-order valence-electron chi connectivity index (χ2n) is 4.49. The first-order chi connectivity index (χ1) is 9.01. The lowest BCUT2D eigenvalue weighted by Gasteiger charge is -2.36. The standard InChI is InChI=1S/C11H15ClN4O3/c1-6-5-7(8(17)18)3-4-16(6)10-13-9(12)14-11(15-10)19-2/h6-7H,3-5H2,1-2H3,(H,17,18). The Morgan fingerprint density at radius 3 is 2.79 bits per heavy atom. The number of halogens is 1. The summed E-state index contributed by atoms with van der Waals surface area (Å²) >= 11 is 5.81. The molecule has 1 aliphatic rings. The van der Waals surface area contributed by atoms with Gasteiger partial charge in [0.1, 0.15) is 0 Å². The van der Waals surface area contributed by atoms with Crippen molar-refractivity contribution < 1.29 is 14.6 Å². The average molecular weight is 287 g/mol. The number of aliphatic carboxylic acids is 1. The van der Waals surface area contributed by atoms with Gasteiger partial charge in [-0.3, -0.25) is 4.79 Å². The van der Waals surface area contributed by atoms with E-state index in [1.165, 1.54) is 7.11 Å². The highest BCUT2D eigenvalue weighted by Crippen LogP contribution is 2.27. The summed E-state index contributed by atoms with van der Waals surface area (Å²) in [6.45, 7) is 2.51. The molecule has 2 unspecified atom stereocenters. The largest absolute Gasteiger partial charge is 0.481 e. The highest BCUT2D eigenvalue weighted by atomic mass is 35.5. The first-order valence-corrected chi connectivity index (χ1v) is 6.34. The molecule has 7 nitrogen and oxygen atoms in total. The van der Waals surface area contributed by atoms with Gasteiger partial charge in [0.25, 0.3) is 0 Å². The molecule has 2 rings (SSSR count). The van der Waals surface area contributed by atoms with Gasteiger partial charge in [-0.15, -0.1) is 0 Å². The Morgan fingerprint density at radius 2 is 2.21 bits per heavy atom. The zero-order chi connectivity index (χ0) is 14.0. The molecule has 0 aromatic carbocycles. The Labute approximate surface area is 115 Å². The maximum atomic E-state index is 11.0. The molecule has 2 atom stereocenters. The van der Waals surface area contributed by atoms with Crippen LogP contribution < -0.4 is 9.64 Å². The monoisotopic (exact) mass is 286 g/mol. The van der Waals surface area contributed by atoms with Gasteiger partial charge in [0.2, 0.25) is 11.2 Å². The second kappa shape index (κ2) is 5.56. The van der Waals surface area contributed by atoms with Gasteiger partial charge in [-0.1, -0.05) is 0 Å². The van der Waals surface area contributed by atoms with Crippen LogP contribution in [0.25, 0.3) is 0 Å². The van der Waals surface area contributed by atoms with Crippen LogP contribution in [0.1, 0.15) is 19.8 Å². The molecule has 0 radical (unpaired) electrons. The highest BCUT2D eigenvalue weighted by Gasteiger charge is 2.31. The molecule has 1 aliphatic heterocycles. The Balaban J connectivity index is 2.19. The Morgan fingerprint density at radius 1 is 1.47 bits per heavy atom. The number of anilines is 1. The molecule has 104 valence electrons. The summed E-state index contributed by atoms with van der Waals surface area (Å²) in [7, 11) is 1.45. The Bertz CT molecular complexity index is 485. The van der Waals surface area contributed by atoms with E-state index in [4.69, 9.17) is 21.4 Å². The van der Waals surface area contributed by atoms with Crippen LogP contribution in [-0.2, 0) is 4.79 Å². The van der Waals surface area contributed by atoms with E-state index in [1.807, 2.05) is 11.8 Å². The van der Waals surface area contributed by atoms with Gasteiger partial charge in [0, 0.05) is 12.6 Å². The molecular formula is C11H15ClN4O3. The van der Waals surface area contributed by atoms with E-state index in [2.05, 4.69) is 15.0 Å². The van der Waals surface area contributed by atoms with Crippen LogP contribution in [-0.4, -0.2) is 45.7 Å². The second-order valence-corrected chi connectivity index (χ2v) is 4.83. The Kier molecular flexibility index (Phi) is 4.04. The Hall–Kier alpha value is -1.63. The molecule has 0 bridgehead atoms. The van der Waals surface area contributed by atoms with Crippen molar-refractivity contribution in [2.45, 2.75) is 25.8 Å². The van der Waals surface area contributed by atoms with Crippen molar-refractivity contribution in [1.29, 1.82) is 0 Å². The summed E-state index contributed by atoms with van der Waals surface area (Å²) in [6, 6.07) is 0.181. The number of carboxylic acid groups (broad SMARTS) is 1. The molecule has 0 spiro atoms. The number of methoxy groups -OCH3 is 1. The third kappa shape index (κ3) is 3.04. The van der Waals surface area contributed by atoms with E-state index in [9.17, 15) is 4.79 Å². The van der Waals surface area contributed by atoms with Gasteiger partial charge in [-0.25, -0.2) is 0 Å². The van der Waals surface area contributed by atoms with E-state index < -0.39 is 5.97 Å². The summed E-state index contributed by atoms with van der Waals surface area (Å²) in [5, 5.41) is 9.10. The fraction of sp³-hybridized carbons (Fsp3) is 0.636. The third-order valence-corrected chi connectivity index (χ3v) is 3.41. The van der Waals surface area contributed by atoms with Crippen molar-refractivity contribution in [3.8, 4) is 6.01 Å². The van der Waals surface area contributed by atoms with Gasteiger partial charge in [0.05, 0.1) is 13.0 Å². The van der Waals surface area contributed by atoms with Gasteiger partial charge >= 0.3 is 12.0 Å². The van der Waals surface area contributed by atoms with Crippen LogP contribution in [0.15, 0.2) is 0 Å². The SMILES string of the molecule is COc1nc(Cl)nc(N2CCC(C(=O)O)CC2C)n1. The zero-order valence-electron chi connectivity index (χ0n) is 10.7. The summed E-state index contributed by atoms with van der Waals surface area (Å²) in [4.78, 5) is 25.0. The number of nitrogens with zero attached hydrogens (tertiary/aromatic N) is 4. The van der Waals surface area contributed by atoms with Gasteiger partial charge in [0.15, 0.2) is 0 Å². The summed E-state index contributed by atoms with van der Waals surface area (Å²) in [5.41, 5.74) is 0. The lowest BCUT2D eigenvalue weighted by Crippen LogP contribution is -2.43. The van der Waals surface area contributed by atoms with Crippen molar-refractivity contribution in [3.63, 3.8) is 0 Å². The number of piperidine rings is 1. The van der Waals surface area contributed by atoms with Crippen LogP contribution in [0.4, 0.5) is 5.95 Å². The van der Waals surface area contributed by atoms with Crippen molar-refractivity contribution in [1.82, 2.24) is 15.0 Å². The van der Waals surface area contributed by atoms with E-state index in [0.29, 0.717) is 25.3 Å². The van der Waals surface area contributed by atoms with Crippen LogP contribution in [0.3, 0.4) is 0 Å². The van der Waals surface area contributed by atoms with E-state index in [0.717, 1.165) is 0 Å². The molecule has 0 saturated carbocycles. The minimum atomic E-state index is -0.752. The first-order valence-electron chi connectivity index (χ1n) is 5.96. The molecule has 1 fully saturated rings. The predicted molar refractivity (Wildman–Crippen MR) is 68.6 cm³/mol.